The molecule has 7 heteroatoms. The molecule has 3 rings (SSSR count). The molecule has 2 N–H and O–H groups in total. The molecule has 0 aliphatic heterocycles. The molecule has 0 fully saturated rings. The summed E-state index contributed by atoms with van der Waals surface area (Å²) < 4.78 is 5.13. The Balaban J connectivity index is 1.79. The van der Waals surface area contributed by atoms with Crippen LogP contribution in [0.2, 0.25) is 0 Å². The number of ether oxygens (including phenoxy) is 1. The highest BCUT2D eigenvalue weighted by atomic mass is 32.1. The van der Waals surface area contributed by atoms with Crippen LogP contribution in [0.5, 0.6) is 0 Å². The number of anilines is 1. The Morgan fingerprint density at radius 1 is 1.17 bits per heavy atom. The first-order chi connectivity index (χ1) is 11.1. The van der Waals surface area contributed by atoms with Crippen molar-refractivity contribution in [1.82, 2.24) is 4.98 Å². The van der Waals surface area contributed by atoms with Gasteiger partial charge in [-0.25, -0.2) is 14.6 Å². The molecule has 2 aromatic heterocycles. The fraction of sp³-hybridized carbons (Fsp3) is 0.0625. The average molecular weight is 328 g/mol. The number of rotatable bonds is 4. The van der Waals surface area contributed by atoms with E-state index in [0.717, 1.165) is 16.9 Å². The smallest absolute Gasteiger partial charge is 0.412 e. The zero-order valence-corrected chi connectivity index (χ0v) is 12.7. The summed E-state index contributed by atoms with van der Waals surface area (Å²) in [5.74, 6) is -1.12. The second kappa shape index (κ2) is 6.45. The molecule has 0 aliphatic carbocycles. The van der Waals surface area contributed by atoms with Gasteiger partial charge >= 0.3 is 12.1 Å². The minimum atomic E-state index is -1.12. The van der Waals surface area contributed by atoms with Crippen LogP contribution in [0.3, 0.4) is 0 Å². The Morgan fingerprint density at radius 3 is 2.70 bits per heavy atom. The highest BCUT2D eigenvalue weighted by molar-refractivity contribution is 7.21. The lowest BCUT2D eigenvalue weighted by atomic mass is 10.2. The topological polar surface area (TPSA) is 88.5 Å². The van der Waals surface area contributed by atoms with E-state index in [2.05, 4.69) is 10.3 Å². The van der Waals surface area contributed by atoms with Gasteiger partial charge in [-0.1, -0.05) is 30.3 Å². The SMILES string of the molecule is O=C(Nc1c(C(=O)O)sc2ncccc12)OCc1ccccc1. The molecule has 0 spiro atoms. The van der Waals surface area contributed by atoms with Crippen molar-refractivity contribution in [2.24, 2.45) is 0 Å². The van der Waals surface area contributed by atoms with E-state index in [1.807, 2.05) is 30.3 Å². The number of carbonyl (C=O) groups excluding carboxylic acids is 1. The number of pyridine rings is 1. The van der Waals surface area contributed by atoms with E-state index in [9.17, 15) is 14.7 Å². The lowest BCUT2D eigenvalue weighted by molar-refractivity contribution is 0.0703. The maximum atomic E-state index is 12.0. The number of amides is 1. The van der Waals surface area contributed by atoms with Crippen LogP contribution in [0.4, 0.5) is 10.5 Å². The first-order valence-electron chi connectivity index (χ1n) is 6.73. The summed E-state index contributed by atoms with van der Waals surface area (Å²) >= 11 is 1.01. The number of hydrogen-bond donors (Lipinski definition) is 2. The van der Waals surface area contributed by atoms with Gasteiger partial charge in [-0.3, -0.25) is 5.32 Å². The first-order valence-corrected chi connectivity index (χ1v) is 7.55. The molecule has 0 saturated carbocycles. The molecule has 0 saturated heterocycles. The second-order valence-corrected chi connectivity index (χ2v) is 5.65. The molecule has 0 aliphatic rings. The van der Waals surface area contributed by atoms with Crippen LogP contribution in [0.25, 0.3) is 10.2 Å². The maximum absolute atomic E-state index is 12.0. The zero-order valence-electron chi connectivity index (χ0n) is 11.9. The lowest BCUT2D eigenvalue weighted by Gasteiger charge is -2.07. The standard InChI is InChI=1S/C16H12N2O4S/c19-15(20)13-12(11-7-4-8-17-14(11)23-13)18-16(21)22-9-10-5-2-1-3-6-10/h1-8H,9H2,(H,18,21)(H,19,20). The van der Waals surface area contributed by atoms with E-state index >= 15 is 0 Å². The second-order valence-electron chi connectivity index (χ2n) is 4.65. The number of carboxylic acids is 1. The van der Waals surface area contributed by atoms with Gasteiger partial charge in [0.15, 0.2) is 0 Å². The number of thiophene rings is 1. The van der Waals surface area contributed by atoms with Crippen molar-refractivity contribution in [2.75, 3.05) is 5.32 Å². The van der Waals surface area contributed by atoms with E-state index in [4.69, 9.17) is 4.74 Å². The van der Waals surface area contributed by atoms with Crippen molar-refractivity contribution in [3.63, 3.8) is 0 Å². The first kappa shape index (κ1) is 15.0. The molecule has 0 unspecified atom stereocenters. The molecule has 2 heterocycles. The van der Waals surface area contributed by atoms with E-state index in [1.165, 1.54) is 0 Å². The fourth-order valence-electron chi connectivity index (χ4n) is 2.07. The van der Waals surface area contributed by atoms with Gasteiger partial charge in [-0.05, 0) is 17.7 Å². The number of nitrogens with zero attached hydrogens (tertiary/aromatic N) is 1. The number of benzene rings is 1. The summed E-state index contributed by atoms with van der Waals surface area (Å²) in [7, 11) is 0. The van der Waals surface area contributed by atoms with Crippen molar-refractivity contribution in [3.8, 4) is 0 Å². The Kier molecular flexibility index (Phi) is 4.20. The van der Waals surface area contributed by atoms with Crippen LogP contribution in [0, 0.1) is 0 Å². The number of fused-ring (bicyclic) bond motifs is 1. The monoisotopic (exact) mass is 328 g/mol. The van der Waals surface area contributed by atoms with Gasteiger partial charge < -0.3 is 9.84 Å². The van der Waals surface area contributed by atoms with Crippen LogP contribution in [0.15, 0.2) is 48.7 Å². The third-order valence-electron chi connectivity index (χ3n) is 3.10. The van der Waals surface area contributed by atoms with E-state index in [0.29, 0.717) is 10.2 Å². The van der Waals surface area contributed by atoms with Crippen LogP contribution < -0.4 is 5.32 Å². The molecular formula is C16H12N2O4S. The highest BCUT2D eigenvalue weighted by Crippen LogP contribution is 2.34. The van der Waals surface area contributed by atoms with E-state index in [-0.39, 0.29) is 17.2 Å². The molecule has 6 nitrogen and oxygen atoms in total. The molecule has 1 aromatic carbocycles. The molecule has 3 aromatic rings. The lowest BCUT2D eigenvalue weighted by Crippen LogP contribution is -2.15. The molecule has 116 valence electrons. The normalized spacial score (nSPS) is 10.4. The summed E-state index contributed by atoms with van der Waals surface area (Å²) in [6.45, 7) is 0.107. The van der Waals surface area contributed by atoms with Crippen molar-refractivity contribution >= 4 is 39.3 Å². The molecular weight excluding hydrogens is 316 g/mol. The largest absolute Gasteiger partial charge is 0.477 e. The van der Waals surface area contributed by atoms with Crippen LogP contribution >= 0.6 is 11.3 Å². The van der Waals surface area contributed by atoms with Crippen molar-refractivity contribution < 1.29 is 19.4 Å². The zero-order chi connectivity index (χ0) is 16.2. The van der Waals surface area contributed by atoms with Gasteiger partial charge in [0.25, 0.3) is 0 Å². The number of hydrogen-bond acceptors (Lipinski definition) is 5. The minimum Gasteiger partial charge on any atom is -0.477 e. The summed E-state index contributed by atoms with van der Waals surface area (Å²) in [6, 6.07) is 12.6. The summed E-state index contributed by atoms with van der Waals surface area (Å²) in [4.78, 5) is 28.0. The van der Waals surface area contributed by atoms with Crippen LogP contribution in [0.1, 0.15) is 15.2 Å². The molecule has 1 amide bonds. The van der Waals surface area contributed by atoms with Gasteiger partial charge in [0.2, 0.25) is 0 Å². The number of nitrogens with one attached hydrogen (secondary N) is 1. The fourth-order valence-corrected chi connectivity index (χ4v) is 3.01. The van der Waals surface area contributed by atoms with Crippen molar-refractivity contribution in [2.45, 2.75) is 6.61 Å². The molecule has 0 atom stereocenters. The van der Waals surface area contributed by atoms with Crippen molar-refractivity contribution in [3.05, 3.63) is 59.1 Å². The Hall–Kier alpha value is -2.93. The van der Waals surface area contributed by atoms with Gasteiger partial charge in [0, 0.05) is 11.6 Å². The maximum Gasteiger partial charge on any atom is 0.412 e. The van der Waals surface area contributed by atoms with E-state index < -0.39 is 12.1 Å². The van der Waals surface area contributed by atoms with Crippen LogP contribution in [-0.4, -0.2) is 22.2 Å². The summed E-state index contributed by atoms with van der Waals surface area (Å²) in [6.07, 6.45) is 0.863. The van der Waals surface area contributed by atoms with E-state index in [1.54, 1.807) is 18.3 Å². The summed E-state index contributed by atoms with van der Waals surface area (Å²) in [5, 5.41) is 12.4. The quantitative estimate of drug-likeness (QED) is 0.761. The molecule has 23 heavy (non-hydrogen) atoms. The third-order valence-corrected chi connectivity index (χ3v) is 4.20. The Morgan fingerprint density at radius 2 is 1.96 bits per heavy atom. The van der Waals surface area contributed by atoms with Gasteiger partial charge in [0.1, 0.15) is 16.3 Å². The Labute approximate surface area is 135 Å². The predicted octanol–water partition coefficient (Wildman–Crippen LogP) is 3.74. The summed E-state index contributed by atoms with van der Waals surface area (Å²) in [5.41, 5.74) is 1.06. The van der Waals surface area contributed by atoms with Gasteiger partial charge in [-0.15, -0.1) is 11.3 Å². The van der Waals surface area contributed by atoms with Gasteiger partial charge in [-0.2, -0.15) is 0 Å². The molecule has 0 radical (unpaired) electrons. The minimum absolute atomic E-state index is 0.0235. The highest BCUT2D eigenvalue weighted by Gasteiger charge is 2.20. The molecule has 0 bridgehead atoms. The number of aromatic carboxylic acids is 1. The van der Waals surface area contributed by atoms with Crippen LogP contribution in [-0.2, 0) is 11.3 Å². The number of carbonyl (C=O) groups is 2. The number of carboxylic acid groups (broad SMARTS) is 1. The third kappa shape index (κ3) is 3.29. The predicted molar refractivity (Wildman–Crippen MR) is 86.8 cm³/mol. The Bertz CT molecular complexity index is 861. The van der Waals surface area contributed by atoms with Crippen molar-refractivity contribution in [1.29, 1.82) is 0 Å². The average Bonchev–Trinajstić information content (AvgIpc) is 2.93. The van der Waals surface area contributed by atoms with Gasteiger partial charge in [0.05, 0.1) is 5.69 Å². The number of aromatic nitrogens is 1.